The number of carbonyl (C=O) groups is 3. The van der Waals surface area contributed by atoms with Crippen molar-refractivity contribution in [3.8, 4) is 0 Å². The Morgan fingerprint density at radius 1 is 1.42 bits per heavy atom. The third-order valence-electron chi connectivity index (χ3n) is 4.15. The molecule has 2 aliphatic heterocycles. The highest BCUT2D eigenvalue weighted by Gasteiger charge is 2.43. The Morgan fingerprint density at radius 3 is 2.75 bits per heavy atom. The largest absolute Gasteiger partial charge is 0.468 e. The first-order valence-electron chi connectivity index (χ1n) is 7.58. The standard InChI is InChI=1S/C15H18N4O5/c1-23-14(22)11-12(10-3-2-8-24-10)16-15(17-13(11)21)19-6-4-18(9-20)5-7-19/h2-3,8-9,11-12H,4-7H2,1H3,(H,16,17,21)/t11-,12-/m0/s1. The maximum absolute atomic E-state index is 12.4. The molecule has 1 N–H and O–H groups in total. The van der Waals surface area contributed by atoms with Gasteiger partial charge >= 0.3 is 5.97 Å². The third kappa shape index (κ3) is 2.97. The van der Waals surface area contributed by atoms with E-state index in [1.54, 1.807) is 17.0 Å². The highest BCUT2D eigenvalue weighted by atomic mass is 16.5. The lowest BCUT2D eigenvalue weighted by Gasteiger charge is -2.37. The summed E-state index contributed by atoms with van der Waals surface area (Å²) in [5.74, 6) is -1.44. The average Bonchev–Trinajstić information content (AvgIpc) is 3.15. The van der Waals surface area contributed by atoms with E-state index < -0.39 is 23.8 Å². The molecule has 1 fully saturated rings. The Balaban J connectivity index is 1.87. The molecule has 1 aromatic rings. The van der Waals surface area contributed by atoms with E-state index in [4.69, 9.17) is 9.15 Å². The molecule has 128 valence electrons. The molecule has 2 aliphatic rings. The Hall–Kier alpha value is -2.84. The SMILES string of the molecule is COC(=O)[C@@H]1C(=O)NC(N2CCN(C=O)CC2)=N[C@H]1c1ccco1. The average molecular weight is 334 g/mol. The Kier molecular flexibility index (Phi) is 4.50. The minimum absolute atomic E-state index is 0.382. The van der Waals surface area contributed by atoms with E-state index in [2.05, 4.69) is 10.3 Å². The Bertz CT molecular complexity index is 649. The zero-order valence-electron chi connectivity index (χ0n) is 13.2. The number of aliphatic imine (C=N–C) groups is 1. The topological polar surface area (TPSA) is 104 Å². The number of amides is 2. The third-order valence-corrected chi connectivity index (χ3v) is 4.15. The number of nitrogens with zero attached hydrogens (tertiary/aromatic N) is 3. The van der Waals surface area contributed by atoms with Crippen LogP contribution in [0.25, 0.3) is 0 Å². The van der Waals surface area contributed by atoms with E-state index in [1.807, 2.05) is 4.90 Å². The summed E-state index contributed by atoms with van der Waals surface area (Å²) in [4.78, 5) is 43.3. The normalized spacial score (nSPS) is 24.2. The lowest BCUT2D eigenvalue weighted by molar-refractivity contribution is -0.151. The first kappa shape index (κ1) is 16.0. The van der Waals surface area contributed by atoms with Crippen LogP contribution in [0.1, 0.15) is 11.8 Å². The first-order chi connectivity index (χ1) is 11.6. The maximum Gasteiger partial charge on any atom is 0.320 e. The summed E-state index contributed by atoms with van der Waals surface area (Å²) < 4.78 is 10.1. The Morgan fingerprint density at radius 2 is 2.17 bits per heavy atom. The minimum Gasteiger partial charge on any atom is -0.468 e. The predicted molar refractivity (Wildman–Crippen MR) is 81.7 cm³/mol. The lowest BCUT2D eigenvalue weighted by Crippen LogP contribution is -2.57. The number of rotatable bonds is 3. The molecular weight excluding hydrogens is 316 g/mol. The lowest BCUT2D eigenvalue weighted by atomic mass is 9.95. The fourth-order valence-corrected chi connectivity index (χ4v) is 2.82. The van der Waals surface area contributed by atoms with Crippen molar-refractivity contribution in [2.75, 3.05) is 33.3 Å². The van der Waals surface area contributed by atoms with Crippen molar-refractivity contribution in [2.24, 2.45) is 10.9 Å². The van der Waals surface area contributed by atoms with Gasteiger partial charge in [-0.05, 0) is 12.1 Å². The highest BCUT2D eigenvalue weighted by Crippen LogP contribution is 2.31. The molecule has 0 unspecified atom stereocenters. The van der Waals surface area contributed by atoms with E-state index in [1.165, 1.54) is 13.4 Å². The van der Waals surface area contributed by atoms with Gasteiger partial charge in [-0.2, -0.15) is 0 Å². The predicted octanol–water partition coefficient (Wildman–Crippen LogP) is -0.630. The number of methoxy groups -OCH3 is 1. The van der Waals surface area contributed by atoms with Gasteiger partial charge in [0.05, 0.1) is 13.4 Å². The van der Waals surface area contributed by atoms with Crippen LogP contribution in [-0.4, -0.2) is 67.3 Å². The molecule has 0 spiro atoms. The van der Waals surface area contributed by atoms with Crippen molar-refractivity contribution >= 4 is 24.2 Å². The smallest absolute Gasteiger partial charge is 0.320 e. The van der Waals surface area contributed by atoms with Gasteiger partial charge < -0.3 is 19.0 Å². The summed E-state index contributed by atoms with van der Waals surface area (Å²) in [6, 6.07) is 2.57. The number of hydrogen-bond donors (Lipinski definition) is 1. The van der Waals surface area contributed by atoms with Gasteiger partial charge in [0, 0.05) is 26.2 Å². The molecular formula is C15H18N4O5. The van der Waals surface area contributed by atoms with Crippen LogP contribution in [0, 0.1) is 5.92 Å². The van der Waals surface area contributed by atoms with E-state index in [9.17, 15) is 14.4 Å². The van der Waals surface area contributed by atoms with Gasteiger partial charge in [-0.25, -0.2) is 4.99 Å². The summed E-state index contributed by atoms with van der Waals surface area (Å²) >= 11 is 0. The molecule has 0 aliphatic carbocycles. The van der Waals surface area contributed by atoms with Crippen LogP contribution in [0.3, 0.4) is 0 Å². The number of hydrogen-bond acceptors (Lipinski definition) is 7. The zero-order valence-corrected chi connectivity index (χ0v) is 13.2. The number of guanidine groups is 1. The summed E-state index contributed by atoms with van der Waals surface area (Å²) in [5.41, 5.74) is 0. The fraction of sp³-hybridized carbons (Fsp3) is 0.467. The molecule has 24 heavy (non-hydrogen) atoms. The van der Waals surface area contributed by atoms with Crippen LogP contribution < -0.4 is 5.32 Å². The summed E-state index contributed by atoms with van der Waals surface area (Å²) in [6.45, 7) is 2.19. The van der Waals surface area contributed by atoms with Gasteiger partial charge in [0.2, 0.25) is 18.3 Å². The first-order valence-corrected chi connectivity index (χ1v) is 7.58. The molecule has 0 aromatic carbocycles. The van der Waals surface area contributed by atoms with E-state index in [0.717, 1.165) is 6.41 Å². The van der Waals surface area contributed by atoms with Crippen LogP contribution in [0.2, 0.25) is 0 Å². The van der Waals surface area contributed by atoms with Crippen molar-refractivity contribution in [1.29, 1.82) is 0 Å². The van der Waals surface area contributed by atoms with Gasteiger partial charge in [0.1, 0.15) is 11.8 Å². The second-order valence-corrected chi connectivity index (χ2v) is 5.53. The van der Waals surface area contributed by atoms with E-state index in [0.29, 0.717) is 37.9 Å². The van der Waals surface area contributed by atoms with Crippen LogP contribution >= 0.6 is 0 Å². The zero-order chi connectivity index (χ0) is 17.1. The van der Waals surface area contributed by atoms with Gasteiger partial charge in [-0.15, -0.1) is 0 Å². The molecule has 3 rings (SSSR count). The molecule has 0 bridgehead atoms. The molecule has 2 amide bonds. The Labute approximate surface area is 138 Å². The second kappa shape index (κ2) is 6.73. The van der Waals surface area contributed by atoms with Gasteiger partial charge in [-0.3, -0.25) is 19.7 Å². The van der Waals surface area contributed by atoms with Crippen molar-refractivity contribution in [1.82, 2.24) is 15.1 Å². The van der Waals surface area contributed by atoms with Crippen molar-refractivity contribution in [3.63, 3.8) is 0 Å². The molecule has 1 aromatic heterocycles. The number of nitrogens with one attached hydrogen (secondary N) is 1. The number of carbonyl (C=O) groups excluding carboxylic acids is 3. The molecule has 1 saturated heterocycles. The molecule has 0 saturated carbocycles. The molecule has 0 radical (unpaired) electrons. The van der Waals surface area contributed by atoms with Gasteiger partial charge in [0.25, 0.3) is 0 Å². The quantitative estimate of drug-likeness (QED) is 0.448. The number of ether oxygens (including phenoxy) is 1. The molecule has 9 nitrogen and oxygen atoms in total. The van der Waals surface area contributed by atoms with Crippen LogP contribution in [0.15, 0.2) is 27.8 Å². The fourth-order valence-electron chi connectivity index (χ4n) is 2.82. The maximum atomic E-state index is 12.4. The van der Waals surface area contributed by atoms with Crippen molar-refractivity contribution in [2.45, 2.75) is 6.04 Å². The van der Waals surface area contributed by atoms with E-state index >= 15 is 0 Å². The monoisotopic (exact) mass is 334 g/mol. The number of furan rings is 1. The second-order valence-electron chi connectivity index (χ2n) is 5.53. The van der Waals surface area contributed by atoms with Crippen LogP contribution in [0.5, 0.6) is 0 Å². The molecule has 3 heterocycles. The number of esters is 1. The number of piperazine rings is 1. The summed E-state index contributed by atoms with van der Waals surface area (Å²) in [6.07, 6.45) is 2.27. The van der Waals surface area contributed by atoms with E-state index in [-0.39, 0.29) is 0 Å². The van der Waals surface area contributed by atoms with Crippen molar-refractivity contribution in [3.05, 3.63) is 24.2 Å². The minimum atomic E-state index is -1.10. The molecule has 9 heteroatoms. The molecule has 2 atom stereocenters. The summed E-state index contributed by atoms with van der Waals surface area (Å²) in [7, 11) is 1.23. The van der Waals surface area contributed by atoms with Crippen LogP contribution in [0.4, 0.5) is 0 Å². The van der Waals surface area contributed by atoms with Crippen molar-refractivity contribution < 1.29 is 23.5 Å². The van der Waals surface area contributed by atoms with Gasteiger partial charge in [-0.1, -0.05) is 0 Å². The summed E-state index contributed by atoms with van der Waals surface area (Å²) in [5, 5.41) is 2.66. The van der Waals surface area contributed by atoms with Gasteiger partial charge in [0.15, 0.2) is 5.92 Å². The van der Waals surface area contributed by atoms with Crippen LogP contribution in [-0.2, 0) is 19.1 Å². The highest BCUT2D eigenvalue weighted by molar-refractivity contribution is 6.08.